The minimum Gasteiger partial charge on any atom is -0.481 e. The molecule has 0 spiro atoms. The minimum atomic E-state index is -1.18. The van der Waals surface area contributed by atoms with Crippen molar-refractivity contribution in [2.75, 3.05) is 6.54 Å². The molecule has 1 aromatic rings. The van der Waals surface area contributed by atoms with Crippen LogP contribution < -0.4 is 0 Å². The van der Waals surface area contributed by atoms with E-state index < -0.39 is 35.3 Å². The molecule has 1 N–H and O–H groups in total. The van der Waals surface area contributed by atoms with E-state index in [1.807, 2.05) is 0 Å². The lowest BCUT2D eigenvalue weighted by Gasteiger charge is -2.14. The lowest BCUT2D eigenvalue weighted by atomic mass is 10.1. The zero-order valence-corrected chi connectivity index (χ0v) is 11.2. The summed E-state index contributed by atoms with van der Waals surface area (Å²) in [5.41, 5.74) is -0.324. The molecule has 0 fully saturated rings. The fourth-order valence-electron chi connectivity index (χ4n) is 2.17. The van der Waals surface area contributed by atoms with Crippen LogP contribution >= 0.6 is 0 Å². The van der Waals surface area contributed by atoms with E-state index in [1.165, 1.54) is 6.92 Å². The second-order valence-corrected chi connectivity index (χ2v) is 4.96. The van der Waals surface area contributed by atoms with Crippen molar-refractivity contribution in [3.05, 3.63) is 34.9 Å². The van der Waals surface area contributed by atoms with Crippen molar-refractivity contribution in [3.8, 4) is 0 Å². The SMILES string of the molecule is CC(CCCN1C(=O)c2cc(F)c(F)cc2C1=O)C(=O)O. The topological polar surface area (TPSA) is 74.7 Å². The van der Waals surface area contributed by atoms with Crippen molar-refractivity contribution in [2.24, 2.45) is 5.92 Å². The summed E-state index contributed by atoms with van der Waals surface area (Å²) in [6, 6.07) is 1.43. The molecule has 0 aromatic heterocycles. The van der Waals surface area contributed by atoms with E-state index in [1.54, 1.807) is 0 Å². The number of hydrogen-bond donors (Lipinski definition) is 1. The average Bonchev–Trinajstić information content (AvgIpc) is 2.64. The molecule has 0 aliphatic carbocycles. The van der Waals surface area contributed by atoms with E-state index in [0.717, 1.165) is 4.90 Å². The number of hydrogen-bond acceptors (Lipinski definition) is 3. The van der Waals surface area contributed by atoms with Crippen LogP contribution in [0.3, 0.4) is 0 Å². The van der Waals surface area contributed by atoms with Crippen LogP contribution in [0, 0.1) is 17.6 Å². The number of imide groups is 1. The Morgan fingerprint density at radius 2 is 1.67 bits per heavy atom. The summed E-state index contributed by atoms with van der Waals surface area (Å²) in [6.07, 6.45) is 0.607. The molecule has 5 nitrogen and oxygen atoms in total. The third-order valence-electron chi connectivity index (χ3n) is 3.45. The predicted octanol–water partition coefficient (Wildman–Crippen LogP) is 2.06. The van der Waals surface area contributed by atoms with Gasteiger partial charge in [-0.2, -0.15) is 0 Å². The number of benzene rings is 1. The van der Waals surface area contributed by atoms with Gasteiger partial charge in [-0.3, -0.25) is 19.3 Å². The molecule has 0 radical (unpaired) electrons. The third kappa shape index (κ3) is 2.76. The molecule has 2 amide bonds. The van der Waals surface area contributed by atoms with Gasteiger partial charge in [0.25, 0.3) is 11.8 Å². The highest BCUT2D eigenvalue weighted by molar-refractivity contribution is 6.21. The number of carboxylic acid groups (broad SMARTS) is 1. The van der Waals surface area contributed by atoms with Crippen molar-refractivity contribution < 1.29 is 28.3 Å². The zero-order chi connectivity index (χ0) is 15.7. The molecule has 0 saturated heterocycles. The van der Waals surface area contributed by atoms with Gasteiger partial charge in [0, 0.05) is 6.54 Å². The lowest BCUT2D eigenvalue weighted by molar-refractivity contribution is -0.141. The number of nitrogens with zero attached hydrogens (tertiary/aromatic N) is 1. The predicted molar refractivity (Wildman–Crippen MR) is 67.8 cm³/mol. The van der Waals surface area contributed by atoms with E-state index in [0.29, 0.717) is 25.0 Å². The van der Waals surface area contributed by atoms with Crippen molar-refractivity contribution in [1.29, 1.82) is 0 Å². The Hall–Kier alpha value is -2.31. The van der Waals surface area contributed by atoms with Crippen LogP contribution in [0.2, 0.25) is 0 Å². The van der Waals surface area contributed by atoms with Crippen molar-refractivity contribution >= 4 is 17.8 Å². The molecule has 1 aromatic carbocycles. The molecule has 1 unspecified atom stereocenters. The van der Waals surface area contributed by atoms with Crippen molar-refractivity contribution in [2.45, 2.75) is 19.8 Å². The summed E-state index contributed by atoms with van der Waals surface area (Å²) < 4.78 is 26.3. The fraction of sp³-hybridized carbons (Fsp3) is 0.357. The van der Waals surface area contributed by atoms with E-state index in [2.05, 4.69) is 0 Å². The molecular formula is C14H13F2NO4. The monoisotopic (exact) mass is 297 g/mol. The molecule has 1 aliphatic rings. The first kappa shape index (κ1) is 15.1. The molecule has 1 atom stereocenters. The van der Waals surface area contributed by atoms with Crippen LogP contribution in [0.15, 0.2) is 12.1 Å². The van der Waals surface area contributed by atoms with Gasteiger partial charge in [0.05, 0.1) is 17.0 Å². The summed E-state index contributed by atoms with van der Waals surface area (Å²) in [5, 5.41) is 8.75. The zero-order valence-electron chi connectivity index (χ0n) is 11.2. The average molecular weight is 297 g/mol. The highest BCUT2D eigenvalue weighted by Crippen LogP contribution is 2.25. The molecular weight excluding hydrogens is 284 g/mol. The Morgan fingerprint density at radius 3 is 2.10 bits per heavy atom. The van der Waals surface area contributed by atoms with Crippen LogP contribution in [0.25, 0.3) is 0 Å². The Labute approximate surface area is 119 Å². The van der Waals surface area contributed by atoms with Gasteiger partial charge in [0.15, 0.2) is 11.6 Å². The number of amides is 2. The van der Waals surface area contributed by atoms with Crippen LogP contribution in [0.5, 0.6) is 0 Å². The number of rotatable bonds is 5. The van der Waals surface area contributed by atoms with Crippen molar-refractivity contribution in [1.82, 2.24) is 4.90 Å². The van der Waals surface area contributed by atoms with Crippen LogP contribution in [0.4, 0.5) is 8.78 Å². The highest BCUT2D eigenvalue weighted by Gasteiger charge is 2.36. The number of aliphatic carboxylic acids is 1. The van der Waals surface area contributed by atoms with Crippen LogP contribution in [0.1, 0.15) is 40.5 Å². The quantitative estimate of drug-likeness (QED) is 0.844. The smallest absolute Gasteiger partial charge is 0.306 e. The van der Waals surface area contributed by atoms with Gasteiger partial charge >= 0.3 is 5.97 Å². The van der Waals surface area contributed by atoms with Gasteiger partial charge in [-0.05, 0) is 25.0 Å². The maximum Gasteiger partial charge on any atom is 0.306 e. The summed E-state index contributed by atoms with van der Waals surface area (Å²) in [5.74, 6) is -5.28. The molecule has 0 bridgehead atoms. The first-order valence-corrected chi connectivity index (χ1v) is 6.41. The number of fused-ring (bicyclic) bond motifs is 1. The van der Waals surface area contributed by atoms with Gasteiger partial charge < -0.3 is 5.11 Å². The van der Waals surface area contributed by atoms with Gasteiger partial charge in [-0.25, -0.2) is 8.78 Å². The van der Waals surface area contributed by atoms with E-state index in [-0.39, 0.29) is 17.7 Å². The van der Waals surface area contributed by atoms with Gasteiger partial charge in [-0.15, -0.1) is 0 Å². The minimum absolute atomic E-state index is 0.0210. The van der Waals surface area contributed by atoms with Crippen molar-refractivity contribution in [3.63, 3.8) is 0 Å². The van der Waals surface area contributed by atoms with Crippen LogP contribution in [-0.2, 0) is 4.79 Å². The molecule has 1 heterocycles. The summed E-state index contributed by atoms with van der Waals surface area (Å²) in [4.78, 5) is 35.5. The molecule has 1 aliphatic heterocycles. The number of carbonyl (C=O) groups excluding carboxylic acids is 2. The lowest BCUT2D eigenvalue weighted by Crippen LogP contribution is -2.31. The van der Waals surface area contributed by atoms with E-state index in [9.17, 15) is 23.2 Å². The van der Waals surface area contributed by atoms with Gasteiger partial charge in [0.1, 0.15) is 0 Å². The standard InChI is InChI=1S/C14H13F2NO4/c1-7(14(20)21)3-2-4-17-12(18)8-5-10(15)11(16)6-9(8)13(17)19/h5-7H,2-4H2,1H3,(H,20,21). The van der Waals surface area contributed by atoms with Gasteiger partial charge in [0.2, 0.25) is 0 Å². The maximum atomic E-state index is 13.1. The number of carboxylic acids is 1. The summed E-state index contributed by atoms with van der Waals surface area (Å²) >= 11 is 0. The Kier molecular flexibility index (Phi) is 4.02. The Balaban J connectivity index is 2.09. The second kappa shape index (κ2) is 5.59. The first-order valence-electron chi connectivity index (χ1n) is 6.41. The Bertz CT molecular complexity index is 589. The summed E-state index contributed by atoms with van der Waals surface area (Å²) in [7, 11) is 0. The highest BCUT2D eigenvalue weighted by atomic mass is 19.2. The van der Waals surface area contributed by atoms with Crippen LogP contribution in [-0.4, -0.2) is 34.3 Å². The van der Waals surface area contributed by atoms with E-state index in [4.69, 9.17) is 5.11 Å². The molecule has 7 heteroatoms. The normalized spacial score (nSPS) is 15.3. The molecule has 112 valence electrons. The Morgan fingerprint density at radius 1 is 1.19 bits per heavy atom. The molecule has 21 heavy (non-hydrogen) atoms. The van der Waals surface area contributed by atoms with Gasteiger partial charge in [-0.1, -0.05) is 6.92 Å². The second-order valence-electron chi connectivity index (χ2n) is 4.96. The summed E-state index contributed by atoms with van der Waals surface area (Å²) in [6.45, 7) is 1.54. The van der Waals surface area contributed by atoms with E-state index >= 15 is 0 Å². The first-order chi connectivity index (χ1) is 9.82. The third-order valence-corrected chi connectivity index (χ3v) is 3.45. The number of carbonyl (C=O) groups is 3. The largest absolute Gasteiger partial charge is 0.481 e. The maximum absolute atomic E-state index is 13.1. The fourth-order valence-corrected chi connectivity index (χ4v) is 2.17. The number of halogens is 2. The molecule has 0 saturated carbocycles. The molecule has 2 rings (SSSR count).